The maximum Gasteiger partial charge on any atom is 0.410 e. The van der Waals surface area contributed by atoms with E-state index in [1.165, 1.54) is 0 Å². The molecule has 0 saturated carbocycles. The molecular formula is C14H18N2O2. The first-order valence-electron chi connectivity index (χ1n) is 5.99. The van der Waals surface area contributed by atoms with Gasteiger partial charge in [0.2, 0.25) is 6.54 Å². The fourth-order valence-electron chi connectivity index (χ4n) is 1.65. The summed E-state index contributed by atoms with van der Waals surface area (Å²) >= 11 is 0. The van der Waals surface area contributed by atoms with Crippen molar-refractivity contribution in [1.29, 1.82) is 0 Å². The SMILES string of the molecule is [C-]#[N+]C[C@@H](C)N(CC)C(=O)OCc1ccccc1. The molecule has 0 fully saturated rings. The predicted molar refractivity (Wildman–Crippen MR) is 69.9 cm³/mol. The molecule has 0 spiro atoms. The Morgan fingerprint density at radius 3 is 2.67 bits per heavy atom. The number of likely N-dealkylation sites (N-methyl/N-ethyl adjacent to an activating group) is 1. The van der Waals surface area contributed by atoms with Gasteiger partial charge in [0.25, 0.3) is 0 Å². The second-order valence-corrected chi connectivity index (χ2v) is 4.02. The average Bonchev–Trinajstić information content (AvgIpc) is 2.39. The van der Waals surface area contributed by atoms with Crippen molar-refractivity contribution >= 4 is 6.09 Å². The minimum atomic E-state index is -0.363. The molecule has 0 radical (unpaired) electrons. The molecule has 1 atom stereocenters. The van der Waals surface area contributed by atoms with Crippen LogP contribution in [0.2, 0.25) is 0 Å². The monoisotopic (exact) mass is 246 g/mol. The van der Waals surface area contributed by atoms with Crippen molar-refractivity contribution in [3.8, 4) is 0 Å². The highest BCUT2D eigenvalue weighted by Crippen LogP contribution is 2.06. The minimum Gasteiger partial charge on any atom is -0.445 e. The molecule has 4 nitrogen and oxygen atoms in total. The number of benzene rings is 1. The number of rotatable bonds is 5. The van der Waals surface area contributed by atoms with E-state index in [2.05, 4.69) is 4.85 Å². The molecule has 0 unspecified atom stereocenters. The first-order chi connectivity index (χ1) is 8.69. The number of carbonyl (C=O) groups is 1. The van der Waals surface area contributed by atoms with Gasteiger partial charge in [-0.15, -0.1) is 0 Å². The van der Waals surface area contributed by atoms with Crippen LogP contribution in [0.5, 0.6) is 0 Å². The van der Waals surface area contributed by atoms with E-state index < -0.39 is 0 Å². The molecule has 0 aliphatic rings. The molecule has 1 amide bonds. The van der Waals surface area contributed by atoms with Crippen LogP contribution < -0.4 is 0 Å². The van der Waals surface area contributed by atoms with Crippen molar-refractivity contribution in [2.75, 3.05) is 13.1 Å². The van der Waals surface area contributed by atoms with E-state index in [1.54, 1.807) is 4.90 Å². The van der Waals surface area contributed by atoms with Gasteiger partial charge in [-0.05, 0) is 19.4 Å². The summed E-state index contributed by atoms with van der Waals surface area (Å²) in [6, 6.07) is 9.43. The number of ether oxygens (including phenoxy) is 1. The standard InChI is InChI=1S/C14H18N2O2/c1-4-16(12(2)10-15-3)14(17)18-11-13-8-6-5-7-9-13/h5-9,12H,4,10-11H2,1-2H3/t12-/m1/s1. The van der Waals surface area contributed by atoms with Crippen molar-refractivity contribution < 1.29 is 9.53 Å². The van der Waals surface area contributed by atoms with Crippen molar-refractivity contribution in [1.82, 2.24) is 4.90 Å². The summed E-state index contributed by atoms with van der Waals surface area (Å²) in [4.78, 5) is 16.7. The summed E-state index contributed by atoms with van der Waals surface area (Å²) in [6.07, 6.45) is -0.363. The van der Waals surface area contributed by atoms with Crippen molar-refractivity contribution in [3.63, 3.8) is 0 Å². The molecular weight excluding hydrogens is 228 g/mol. The van der Waals surface area contributed by atoms with Crippen molar-refractivity contribution in [2.45, 2.75) is 26.5 Å². The normalized spacial score (nSPS) is 11.4. The molecule has 18 heavy (non-hydrogen) atoms. The Bertz CT molecular complexity index is 412. The summed E-state index contributed by atoms with van der Waals surface area (Å²) in [5.74, 6) is 0. The number of hydrogen-bond acceptors (Lipinski definition) is 2. The summed E-state index contributed by atoms with van der Waals surface area (Å²) in [6.45, 7) is 11.7. The zero-order valence-corrected chi connectivity index (χ0v) is 10.8. The smallest absolute Gasteiger partial charge is 0.410 e. The molecule has 0 N–H and O–H groups in total. The van der Waals surface area contributed by atoms with Gasteiger partial charge in [-0.25, -0.2) is 11.4 Å². The van der Waals surface area contributed by atoms with E-state index in [-0.39, 0.29) is 18.7 Å². The van der Waals surface area contributed by atoms with Gasteiger partial charge in [-0.2, -0.15) is 0 Å². The Balaban J connectivity index is 2.51. The third-order valence-electron chi connectivity index (χ3n) is 2.67. The van der Waals surface area contributed by atoms with Crippen LogP contribution in [0.1, 0.15) is 19.4 Å². The van der Waals surface area contributed by atoms with Crippen LogP contribution >= 0.6 is 0 Å². The molecule has 0 aliphatic heterocycles. The molecule has 0 bridgehead atoms. The van der Waals surface area contributed by atoms with Gasteiger partial charge >= 0.3 is 6.09 Å². The van der Waals surface area contributed by atoms with E-state index in [0.717, 1.165) is 5.56 Å². The van der Waals surface area contributed by atoms with Crippen LogP contribution in [0.3, 0.4) is 0 Å². The molecule has 0 aromatic heterocycles. The van der Waals surface area contributed by atoms with Gasteiger partial charge in [0.1, 0.15) is 12.6 Å². The van der Waals surface area contributed by atoms with Gasteiger partial charge in [0.15, 0.2) is 0 Å². The van der Waals surface area contributed by atoms with E-state index in [0.29, 0.717) is 13.1 Å². The first kappa shape index (κ1) is 14.0. The van der Waals surface area contributed by atoms with E-state index in [9.17, 15) is 4.79 Å². The van der Waals surface area contributed by atoms with E-state index >= 15 is 0 Å². The molecule has 0 heterocycles. The number of hydrogen-bond donors (Lipinski definition) is 0. The van der Waals surface area contributed by atoms with Gasteiger partial charge in [0.05, 0.1) is 0 Å². The topological polar surface area (TPSA) is 33.9 Å². The van der Waals surface area contributed by atoms with Crippen LogP contribution in [0.25, 0.3) is 4.85 Å². The lowest BCUT2D eigenvalue weighted by Crippen LogP contribution is -2.40. The summed E-state index contributed by atoms with van der Waals surface area (Å²) in [7, 11) is 0. The molecule has 1 aromatic rings. The Kier molecular flexibility index (Phi) is 5.72. The fraction of sp³-hybridized carbons (Fsp3) is 0.429. The van der Waals surface area contributed by atoms with Crippen LogP contribution in [-0.2, 0) is 11.3 Å². The minimum absolute atomic E-state index is 0.115. The first-order valence-corrected chi connectivity index (χ1v) is 5.99. The highest BCUT2D eigenvalue weighted by Gasteiger charge is 2.21. The van der Waals surface area contributed by atoms with Crippen LogP contribution in [0.4, 0.5) is 4.79 Å². The highest BCUT2D eigenvalue weighted by molar-refractivity contribution is 5.68. The van der Waals surface area contributed by atoms with Crippen molar-refractivity contribution in [3.05, 3.63) is 47.3 Å². The third kappa shape index (κ3) is 4.10. The number of nitrogens with zero attached hydrogens (tertiary/aromatic N) is 2. The van der Waals surface area contributed by atoms with E-state index in [4.69, 9.17) is 11.3 Å². The van der Waals surface area contributed by atoms with Gasteiger partial charge in [-0.3, -0.25) is 4.90 Å². The molecule has 1 rings (SSSR count). The summed E-state index contributed by atoms with van der Waals surface area (Å²) in [5, 5.41) is 0. The maximum atomic E-state index is 11.9. The summed E-state index contributed by atoms with van der Waals surface area (Å²) < 4.78 is 5.23. The molecule has 1 aromatic carbocycles. The van der Waals surface area contributed by atoms with Crippen LogP contribution in [-0.4, -0.2) is 30.1 Å². The second kappa shape index (κ2) is 7.33. The Morgan fingerprint density at radius 2 is 2.11 bits per heavy atom. The Labute approximate surface area is 108 Å². The Morgan fingerprint density at radius 1 is 1.44 bits per heavy atom. The number of amides is 1. The Hall–Kier alpha value is -2.02. The van der Waals surface area contributed by atoms with Gasteiger partial charge < -0.3 is 9.58 Å². The lowest BCUT2D eigenvalue weighted by molar-refractivity contribution is 0.0876. The molecule has 96 valence electrons. The fourth-order valence-corrected chi connectivity index (χ4v) is 1.65. The maximum absolute atomic E-state index is 11.9. The second-order valence-electron chi connectivity index (χ2n) is 4.02. The van der Waals surface area contributed by atoms with Crippen LogP contribution in [0.15, 0.2) is 30.3 Å². The largest absolute Gasteiger partial charge is 0.445 e. The molecule has 4 heteroatoms. The van der Waals surface area contributed by atoms with E-state index in [1.807, 2.05) is 44.2 Å². The highest BCUT2D eigenvalue weighted by atomic mass is 16.6. The number of carbonyl (C=O) groups excluding carboxylic acids is 1. The van der Waals surface area contributed by atoms with Gasteiger partial charge in [0, 0.05) is 6.54 Å². The zero-order valence-electron chi connectivity index (χ0n) is 10.8. The predicted octanol–water partition coefficient (Wildman–Crippen LogP) is 2.95. The lowest BCUT2D eigenvalue weighted by atomic mass is 10.2. The third-order valence-corrected chi connectivity index (χ3v) is 2.67. The summed E-state index contributed by atoms with van der Waals surface area (Å²) in [5.41, 5.74) is 0.958. The van der Waals surface area contributed by atoms with Crippen molar-refractivity contribution in [2.24, 2.45) is 0 Å². The molecule has 0 saturated heterocycles. The zero-order chi connectivity index (χ0) is 13.4. The average molecular weight is 246 g/mol. The molecule has 0 aliphatic carbocycles. The quantitative estimate of drug-likeness (QED) is 0.748. The van der Waals surface area contributed by atoms with Crippen LogP contribution in [0, 0.1) is 6.57 Å². The van der Waals surface area contributed by atoms with Gasteiger partial charge in [-0.1, -0.05) is 30.3 Å². The lowest BCUT2D eigenvalue weighted by Gasteiger charge is -2.23.